The normalized spacial score (nSPS) is 17.1. The SMILES string of the molecule is CCOC(=O)C(NC1CCCC1)c1ccc(C)c(F)c1. The second kappa shape index (κ2) is 6.84. The van der Waals surface area contributed by atoms with Gasteiger partial charge in [-0.05, 0) is 43.9 Å². The molecule has 4 heteroatoms. The van der Waals surface area contributed by atoms with E-state index < -0.39 is 6.04 Å². The number of rotatable bonds is 5. The molecule has 1 unspecified atom stereocenters. The highest BCUT2D eigenvalue weighted by atomic mass is 19.1. The lowest BCUT2D eigenvalue weighted by atomic mass is 10.0. The minimum Gasteiger partial charge on any atom is -0.465 e. The van der Waals surface area contributed by atoms with Crippen molar-refractivity contribution in [1.29, 1.82) is 0 Å². The van der Waals surface area contributed by atoms with Crippen LogP contribution in [0.4, 0.5) is 4.39 Å². The van der Waals surface area contributed by atoms with Crippen LogP contribution in [0.2, 0.25) is 0 Å². The number of carbonyl (C=O) groups excluding carboxylic acids is 1. The third kappa shape index (κ3) is 3.57. The number of esters is 1. The molecule has 1 atom stereocenters. The van der Waals surface area contributed by atoms with Crippen molar-refractivity contribution in [2.75, 3.05) is 6.61 Å². The fourth-order valence-electron chi connectivity index (χ4n) is 2.64. The summed E-state index contributed by atoms with van der Waals surface area (Å²) in [6.07, 6.45) is 4.47. The van der Waals surface area contributed by atoms with E-state index in [1.54, 1.807) is 26.0 Å². The molecule has 1 fully saturated rings. The topological polar surface area (TPSA) is 38.3 Å². The van der Waals surface area contributed by atoms with Gasteiger partial charge in [-0.25, -0.2) is 9.18 Å². The minimum absolute atomic E-state index is 0.287. The van der Waals surface area contributed by atoms with Gasteiger partial charge in [0.2, 0.25) is 0 Å². The zero-order chi connectivity index (χ0) is 14.5. The molecular formula is C16H22FNO2. The van der Waals surface area contributed by atoms with Crippen LogP contribution in [0.1, 0.15) is 49.8 Å². The van der Waals surface area contributed by atoms with Crippen LogP contribution in [0.15, 0.2) is 18.2 Å². The van der Waals surface area contributed by atoms with Crippen LogP contribution < -0.4 is 5.32 Å². The van der Waals surface area contributed by atoms with Crippen LogP contribution >= 0.6 is 0 Å². The lowest BCUT2D eigenvalue weighted by Crippen LogP contribution is -2.36. The molecule has 110 valence electrons. The molecule has 1 aromatic carbocycles. The Balaban J connectivity index is 2.19. The summed E-state index contributed by atoms with van der Waals surface area (Å²) in [6, 6.07) is 4.66. The van der Waals surface area contributed by atoms with Crippen molar-refractivity contribution in [3.8, 4) is 0 Å². The summed E-state index contributed by atoms with van der Waals surface area (Å²) < 4.78 is 18.8. The largest absolute Gasteiger partial charge is 0.465 e. The molecule has 0 heterocycles. The maximum Gasteiger partial charge on any atom is 0.327 e. The van der Waals surface area contributed by atoms with E-state index in [0.717, 1.165) is 12.8 Å². The monoisotopic (exact) mass is 279 g/mol. The average Bonchev–Trinajstić information content (AvgIpc) is 2.92. The predicted octanol–water partition coefficient (Wildman–Crippen LogP) is 3.27. The van der Waals surface area contributed by atoms with Crippen molar-refractivity contribution in [2.24, 2.45) is 0 Å². The van der Waals surface area contributed by atoms with Crippen molar-refractivity contribution >= 4 is 5.97 Å². The summed E-state index contributed by atoms with van der Waals surface area (Å²) in [5, 5.41) is 3.32. The lowest BCUT2D eigenvalue weighted by molar-refractivity contribution is -0.146. The average molecular weight is 279 g/mol. The van der Waals surface area contributed by atoms with Crippen molar-refractivity contribution in [1.82, 2.24) is 5.32 Å². The van der Waals surface area contributed by atoms with E-state index in [9.17, 15) is 9.18 Å². The number of nitrogens with one attached hydrogen (secondary N) is 1. The van der Waals surface area contributed by atoms with Gasteiger partial charge < -0.3 is 4.74 Å². The number of halogens is 1. The molecule has 3 nitrogen and oxygen atoms in total. The van der Waals surface area contributed by atoms with Crippen LogP contribution in [0.5, 0.6) is 0 Å². The van der Waals surface area contributed by atoms with Gasteiger partial charge in [0.05, 0.1) is 6.61 Å². The van der Waals surface area contributed by atoms with Crippen LogP contribution in [0.3, 0.4) is 0 Å². The Morgan fingerprint density at radius 2 is 2.15 bits per heavy atom. The Morgan fingerprint density at radius 1 is 1.45 bits per heavy atom. The van der Waals surface area contributed by atoms with Crippen LogP contribution in [0.25, 0.3) is 0 Å². The van der Waals surface area contributed by atoms with Crippen molar-refractivity contribution in [3.63, 3.8) is 0 Å². The second-order valence-electron chi connectivity index (χ2n) is 5.34. The maximum absolute atomic E-state index is 13.7. The molecule has 1 aliphatic rings. The molecule has 0 aliphatic heterocycles. The van der Waals surface area contributed by atoms with Gasteiger partial charge >= 0.3 is 5.97 Å². The molecule has 0 spiro atoms. The number of ether oxygens (including phenoxy) is 1. The zero-order valence-corrected chi connectivity index (χ0v) is 12.1. The number of hydrogen-bond donors (Lipinski definition) is 1. The van der Waals surface area contributed by atoms with Crippen molar-refractivity contribution in [2.45, 2.75) is 51.6 Å². The Kier molecular flexibility index (Phi) is 5.12. The van der Waals surface area contributed by atoms with Gasteiger partial charge in [-0.3, -0.25) is 5.32 Å². The van der Waals surface area contributed by atoms with Gasteiger partial charge in [-0.15, -0.1) is 0 Å². The Labute approximate surface area is 119 Å². The highest BCUT2D eigenvalue weighted by molar-refractivity contribution is 5.77. The first-order valence-electron chi connectivity index (χ1n) is 7.30. The molecule has 1 aliphatic carbocycles. The third-order valence-electron chi connectivity index (χ3n) is 3.81. The molecule has 20 heavy (non-hydrogen) atoms. The summed E-state index contributed by atoms with van der Waals surface area (Å²) in [5.74, 6) is -0.618. The molecular weight excluding hydrogens is 257 g/mol. The molecule has 0 amide bonds. The standard InChI is InChI=1S/C16H22FNO2/c1-3-20-16(19)15(18-13-6-4-5-7-13)12-9-8-11(2)14(17)10-12/h8-10,13,15,18H,3-7H2,1-2H3. The molecule has 1 aromatic rings. The molecule has 1 N–H and O–H groups in total. The summed E-state index contributed by atoms with van der Waals surface area (Å²) >= 11 is 0. The first kappa shape index (κ1) is 15.0. The first-order chi connectivity index (χ1) is 9.61. The summed E-state index contributed by atoms with van der Waals surface area (Å²) in [5.41, 5.74) is 1.22. The maximum atomic E-state index is 13.7. The number of aryl methyl sites for hydroxylation is 1. The minimum atomic E-state index is -0.576. The highest BCUT2D eigenvalue weighted by Gasteiger charge is 2.27. The molecule has 0 aromatic heterocycles. The Hall–Kier alpha value is -1.42. The van der Waals surface area contributed by atoms with E-state index in [-0.39, 0.29) is 11.8 Å². The highest BCUT2D eigenvalue weighted by Crippen LogP contribution is 2.24. The second-order valence-corrected chi connectivity index (χ2v) is 5.34. The number of hydrogen-bond acceptors (Lipinski definition) is 3. The zero-order valence-electron chi connectivity index (χ0n) is 12.1. The van der Waals surface area contributed by atoms with Gasteiger partial charge in [0.25, 0.3) is 0 Å². The lowest BCUT2D eigenvalue weighted by Gasteiger charge is -2.22. The van der Waals surface area contributed by atoms with E-state index in [1.165, 1.54) is 18.9 Å². The fraction of sp³-hybridized carbons (Fsp3) is 0.562. The summed E-state index contributed by atoms with van der Waals surface area (Å²) in [6.45, 7) is 3.82. The quantitative estimate of drug-likeness (QED) is 0.841. The Bertz CT molecular complexity index is 470. The number of benzene rings is 1. The fourth-order valence-corrected chi connectivity index (χ4v) is 2.64. The van der Waals surface area contributed by atoms with Gasteiger partial charge in [-0.1, -0.05) is 25.0 Å². The van der Waals surface area contributed by atoms with E-state index in [0.29, 0.717) is 23.8 Å². The van der Waals surface area contributed by atoms with Crippen LogP contribution in [-0.2, 0) is 9.53 Å². The van der Waals surface area contributed by atoms with Gasteiger partial charge in [0.15, 0.2) is 0 Å². The smallest absolute Gasteiger partial charge is 0.327 e. The van der Waals surface area contributed by atoms with Crippen LogP contribution in [-0.4, -0.2) is 18.6 Å². The van der Waals surface area contributed by atoms with Crippen LogP contribution in [0, 0.1) is 12.7 Å². The molecule has 0 radical (unpaired) electrons. The predicted molar refractivity (Wildman–Crippen MR) is 75.9 cm³/mol. The van der Waals surface area contributed by atoms with Crippen molar-refractivity contribution in [3.05, 3.63) is 35.1 Å². The van der Waals surface area contributed by atoms with E-state index in [2.05, 4.69) is 5.32 Å². The Morgan fingerprint density at radius 3 is 2.75 bits per heavy atom. The van der Waals surface area contributed by atoms with Gasteiger partial charge in [0, 0.05) is 6.04 Å². The first-order valence-corrected chi connectivity index (χ1v) is 7.30. The third-order valence-corrected chi connectivity index (χ3v) is 3.81. The number of carbonyl (C=O) groups is 1. The van der Waals surface area contributed by atoms with Gasteiger partial charge in [0.1, 0.15) is 11.9 Å². The van der Waals surface area contributed by atoms with E-state index in [4.69, 9.17) is 4.74 Å². The molecule has 0 bridgehead atoms. The van der Waals surface area contributed by atoms with Gasteiger partial charge in [-0.2, -0.15) is 0 Å². The summed E-state index contributed by atoms with van der Waals surface area (Å²) in [7, 11) is 0. The molecule has 1 saturated carbocycles. The summed E-state index contributed by atoms with van der Waals surface area (Å²) in [4.78, 5) is 12.1. The molecule has 2 rings (SSSR count). The van der Waals surface area contributed by atoms with E-state index in [1.807, 2.05) is 0 Å². The van der Waals surface area contributed by atoms with Crippen molar-refractivity contribution < 1.29 is 13.9 Å². The molecule has 0 saturated heterocycles. The van der Waals surface area contributed by atoms with E-state index >= 15 is 0 Å².